The normalized spacial score (nSPS) is 51.5. The molecule has 3 nitrogen and oxygen atoms in total. The van der Waals surface area contributed by atoms with Crippen molar-refractivity contribution in [2.75, 3.05) is 0 Å². The summed E-state index contributed by atoms with van der Waals surface area (Å²) in [5.74, 6) is 0.0602. The summed E-state index contributed by atoms with van der Waals surface area (Å²) in [6.45, 7) is 0. The molecule has 0 amide bonds. The average molecular weight is 186 g/mol. The van der Waals surface area contributed by atoms with Crippen LogP contribution in [0.2, 0.25) is 0 Å². The monoisotopic (exact) mass is 186 g/mol. The molecule has 0 aliphatic heterocycles. The first-order valence-electron chi connectivity index (χ1n) is 5.24. The molecule has 2 saturated carbocycles. The number of fused-ring (bicyclic) bond motifs is 1. The highest BCUT2D eigenvalue weighted by Crippen LogP contribution is 2.40. The van der Waals surface area contributed by atoms with E-state index in [-0.39, 0.29) is 17.9 Å². The van der Waals surface area contributed by atoms with Crippen LogP contribution < -0.4 is 0 Å². The summed E-state index contributed by atoms with van der Waals surface area (Å²) < 4.78 is 0. The molecule has 3 N–H and O–H groups in total. The molecule has 0 aromatic heterocycles. The molecular formula is C10H18O3. The molecule has 0 aromatic rings. The van der Waals surface area contributed by atoms with E-state index in [4.69, 9.17) is 0 Å². The van der Waals surface area contributed by atoms with E-state index in [1.165, 1.54) is 0 Å². The molecule has 5 unspecified atom stereocenters. The van der Waals surface area contributed by atoms with E-state index in [2.05, 4.69) is 0 Å². The highest BCUT2D eigenvalue weighted by Gasteiger charge is 2.43. The van der Waals surface area contributed by atoms with Crippen LogP contribution in [0.25, 0.3) is 0 Å². The van der Waals surface area contributed by atoms with Crippen LogP contribution in [0.5, 0.6) is 0 Å². The quantitative estimate of drug-likeness (QED) is 0.509. The summed E-state index contributed by atoms with van der Waals surface area (Å²) in [6, 6.07) is 0. The van der Waals surface area contributed by atoms with Crippen LogP contribution in [-0.2, 0) is 0 Å². The summed E-state index contributed by atoms with van der Waals surface area (Å²) in [6.07, 6.45) is 2.95. The van der Waals surface area contributed by atoms with Crippen LogP contribution in [-0.4, -0.2) is 33.6 Å². The van der Waals surface area contributed by atoms with Crippen LogP contribution in [0.3, 0.4) is 0 Å². The number of hydrogen-bond donors (Lipinski definition) is 3. The lowest BCUT2D eigenvalue weighted by Gasteiger charge is -2.44. The van der Waals surface area contributed by atoms with Gasteiger partial charge in [-0.25, -0.2) is 0 Å². The second-order valence-electron chi connectivity index (χ2n) is 4.45. The van der Waals surface area contributed by atoms with Crippen molar-refractivity contribution in [1.82, 2.24) is 0 Å². The van der Waals surface area contributed by atoms with Gasteiger partial charge in [0.2, 0.25) is 0 Å². The summed E-state index contributed by atoms with van der Waals surface area (Å²) in [7, 11) is 0. The van der Waals surface area contributed by atoms with E-state index < -0.39 is 12.2 Å². The summed E-state index contributed by atoms with van der Waals surface area (Å²) >= 11 is 0. The van der Waals surface area contributed by atoms with E-state index >= 15 is 0 Å². The van der Waals surface area contributed by atoms with Gasteiger partial charge < -0.3 is 15.3 Å². The van der Waals surface area contributed by atoms with Crippen LogP contribution in [0.4, 0.5) is 0 Å². The molecule has 13 heavy (non-hydrogen) atoms. The largest absolute Gasteiger partial charge is 0.393 e. The van der Waals surface area contributed by atoms with E-state index in [9.17, 15) is 15.3 Å². The topological polar surface area (TPSA) is 60.7 Å². The maximum absolute atomic E-state index is 9.72. The Kier molecular flexibility index (Phi) is 2.58. The Morgan fingerprint density at radius 3 is 2.00 bits per heavy atom. The fourth-order valence-corrected chi connectivity index (χ4v) is 2.97. The molecule has 0 bridgehead atoms. The SMILES string of the molecule is OC1CCC(O)C2C(O)CCCC12. The zero-order chi connectivity index (χ0) is 9.42. The summed E-state index contributed by atoms with van der Waals surface area (Å²) in [5.41, 5.74) is 0. The molecule has 2 aliphatic carbocycles. The summed E-state index contributed by atoms with van der Waals surface area (Å²) in [5, 5.41) is 29.2. The van der Waals surface area contributed by atoms with Crippen molar-refractivity contribution in [2.24, 2.45) is 11.8 Å². The van der Waals surface area contributed by atoms with Crippen molar-refractivity contribution in [3.8, 4) is 0 Å². The third-order valence-electron chi connectivity index (χ3n) is 3.67. The van der Waals surface area contributed by atoms with Gasteiger partial charge in [0.05, 0.1) is 18.3 Å². The number of hydrogen-bond acceptors (Lipinski definition) is 3. The lowest BCUT2D eigenvalue weighted by Crippen LogP contribution is -2.48. The Morgan fingerprint density at radius 1 is 0.692 bits per heavy atom. The van der Waals surface area contributed by atoms with Crippen LogP contribution in [0.15, 0.2) is 0 Å². The Bertz CT molecular complexity index is 179. The lowest BCUT2D eigenvalue weighted by atomic mass is 9.66. The zero-order valence-corrected chi connectivity index (χ0v) is 7.76. The second-order valence-corrected chi connectivity index (χ2v) is 4.45. The highest BCUT2D eigenvalue weighted by molar-refractivity contribution is 4.93. The Morgan fingerprint density at radius 2 is 1.31 bits per heavy atom. The molecule has 5 atom stereocenters. The molecule has 76 valence electrons. The second kappa shape index (κ2) is 3.56. The standard InChI is InChI=1S/C10H18O3/c11-7-4-5-9(13)10-6(7)2-1-3-8(10)12/h6-13H,1-5H2. The van der Waals surface area contributed by atoms with Gasteiger partial charge in [0.1, 0.15) is 0 Å². The molecule has 2 fully saturated rings. The van der Waals surface area contributed by atoms with E-state index in [1.54, 1.807) is 0 Å². The predicted octanol–water partition coefficient (Wildman–Crippen LogP) is 0.279. The molecule has 0 aromatic carbocycles. The molecule has 0 spiro atoms. The average Bonchev–Trinajstić information content (AvgIpc) is 2.12. The molecule has 3 heteroatoms. The molecule has 2 rings (SSSR count). The van der Waals surface area contributed by atoms with Crippen LogP contribution in [0, 0.1) is 11.8 Å². The van der Waals surface area contributed by atoms with Gasteiger partial charge in [-0.2, -0.15) is 0 Å². The van der Waals surface area contributed by atoms with Gasteiger partial charge in [-0.3, -0.25) is 0 Å². The first-order valence-corrected chi connectivity index (χ1v) is 5.24. The minimum Gasteiger partial charge on any atom is -0.393 e. The first kappa shape index (κ1) is 9.44. The van der Waals surface area contributed by atoms with Crippen molar-refractivity contribution >= 4 is 0 Å². The maximum atomic E-state index is 9.72. The minimum absolute atomic E-state index is 0.0718. The van der Waals surface area contributed by atoms with Gasteiger partial charge in [0, 0.05) is 5.92 Å². The van der Waals surface area contributed by atoms with Crippen LogP contribution >= 0.6 is 0 Å². The van der Waals surface area contributed by atoms with Crippen molar-refractivity contribution in [1.29, 1.82) is 0 Å². The Labute approximate surface area is 78.4 Å². The maximum Gasteiger partial charge on any atom is 0.0597 e. The number of rotatable bonds is 0. The molecule has 0 saturated heterocycles. The molecule has 0 radical (unpaired) electrons. The third kappa shape index (κ3) is 1.60. The van der Waals surface area contributed by atoms with Crippen LogP contribution in [0.1, 0.15) is 32.1 Å². The van der Waals surface area contributed by atoms with Gasteiger partial charge in [-0.05, 0) is 31.6 Å². The fourth-order valence-electron chi connectivity index (χ4n) is 2.97. The van der Waals surface area contributed by atoms with Gasteiger partial charge >= 0.3 is 0 Å². The van der Waals surface area contributed by atoms with E-state index in [1.807, 2.05) is 0 Å². The van der Waals surface area contributed by atoms with Gasteiger partial charge in [-0.15, -0.1) is 0 Å². The first-order chi connectivity index (χ1) is 6.20. The number of aliphatic hydroxyl groups is 3. The van der Waals surface area contributed by atoms with E-state index in [0.717, 1.165) is 19.3 Å². The minimum atomic E-state index is -0.399. The molecular weight excluding hydrogens is 168 g/mol. The summed E-state index contributed by atoms with van der Waals surface area (Å²) in [4.78, 5) is 0. The van der Waals surface area contributed by atoms with Crippen molar-refractivity contribution in [3.63, 3.8) is 0 Å². The van der Waals surface area contributed by atoms with Gasteiger partial charge in [-0.1, -0.05) is 6.42 Å². The van der Waals surface area contributed by atoms with E-state index in [0.29, 0.717) is 12.8 Å². The highest BCUT2D eigenvalue weighted by atomic mass is 16.3. The Balaban J connectivity index is 2.12. The lowest BCUT2D eigenvalue weighted by molar-refractivity contribution is -0.112. The number of aliphatic hydroxyl groups excluding tert-OH is 3. The van der Waals surface area contributed by atoms with Gasteiger partial charge in [0.25, 0.3) is 0 Å². The van der Waals surface area contributed by atoms with Crippen molar-refractivity contribution in [2.45, 2.75) is 50.4 Å². The predicted molar refractivity (Wildman–Crippen MR) is 48.1 cm³/mol. The van der Waals surface area contributed by atoms with Crippen molar-refractivity contribution in [3.05, 3.63) is 0 Å². The van der Waals surface area contributed by atoms with Crippen molar-refractivity contribution < 1.29 is 15.3 Å². The Hall–Kier alpha value is -0.120. The smallest absolute Gasteiger partial charge is 0.0597 e. The molecule has 0 heterocycles. The third-order valence-corrected chi connectivity index (χ3v) is 3.67. The zero-order valence-electron chi connectivity index (χ0n) is 7.76. The van der Waals surface area contributed by atoms with Gasteiger partial charge in [0.15, 0.2) is 0 Å². The molecule has 2 aliphatic rings. The fraction of sp³-hybridized carbons (Fsp3) is 1.00.